The van der Waals surface area contributed by atoms with Crippen molar-refractivity contribution in [2.75, 3.05) is 32.1 Å². The number of carbonyl (C=O) groups excluding carboxylic acids is 1. The summed E-state index contributed by atoms with van der Waals surface area (Å²) in [6, 6.07) is 7.21. The molecule has 0 bridgehead atoms. The third-order valence-corrected chi connectivity index (χ3v) is 3.85. The molecule has 5 heteroatoms. The Labute approximate surface area is 125 Å². The largest absolute Gasteiger partial charge is 0.389 e. The highest BCUT2D eigenvalue weighted by molar-refractivity contribution is 5.89. The second-order valence-electron chi connectivity index (χ2n) is 5.64. The van der Waals surface area contributed by atoms with Crippen molar-refractivity contribution in [1.82, 2.24) is 4.90 Å². The fourth-order valence-corrected chi connectivity index (χ4v) is 2.67. The minimum absolute atomic E-state index is 0.0689. The molecule has 1 aromatic carbocycles. The summed E-state index contributed by atoms with van der Waals surface area (Å²) in [6.45, 7) is 3.95. The van der Waals surface area contributed by atoms with E-state index in [-0.39, 0.29) is 6.03 Å². The number of ether oxygens (including phenoxy) is 1. The molecule has 0 aliphatic carbocycles. The van der Waals surface area contributed by atoms with E-state index in [2.05, 4.69) is 5.32 Å². The Morgan fingerprint density at radius 3 is 2.81 bits per heavy atom. The average molecular weight is 292 g/mol. The van der Waals surface area contributed by atoms with Gasteiger partial charge >= 0.3 is 6.03 Å². The third-order valence-electron chi connectivity index (χ3n) is 3.85. The van der Waals surface area contributed by atoms with Crippen LogP contribution < -0.4 is 5.32 Å². The van der Waals surface area contributed by atoms with Gasteiger partial charge in [-0.3, -0.25) is 0 Å². The first-order chi connectivity index (χ1) is 10.1. The Morgan fingerprint density at radius 2 is 2.19 bits per heavy atom. The topological polar surface area (TPSA) is 61.8 Å². The van der Waals surface area contributed by atoms with Crippen molar-refractivity contribution in [1.29, 1.82) is 0 Å². The maximum atomic E-state index is 12.3. The molecule has 5 nitrogen and oxygen atoms in total. The molecule has 2 rings (SSSR count). The Balaban J connectivity index is 1.91. The van der Waals surface area contributed by atoms with E-state index in [9.17, 15) is 9.90 Å². The van der Waals surface area contributed by atoms with E-state index in [1.165, 1.54) is 0 Å². The minimum atomic E-state index is -0.494. The molecular weight excluding hydrogens is 268 g/mol. The van der Waals surface area contributed by atoms with Crippen LogP contribution in [0.3, 0.4) is 0 Å². The lowest BCUT2D eigenvalue weighted by Gasteiger charge is -2.32. The number of nitrogens with one attached hydrogen (secondary N) is 1. The molecule has 1 saturated heterocycles. The normalized spacial score (nSPS) is 20.1. The monoisotopic (exact) mass is 292 g/mol. The number of aliphatic hydroxyl groups excluding tert-OH is 1. The minimum Gasteiger partial charge on any atom is -0.389 e. The number of aliphatic hydroxyl groups is 1. The van der Waals surface area contributed by atoms with E-state index in [1.54, 1.807) is 14.0 Å². The van der Waals surface area contributed by atoms with Crippen molar-refractivity contribution in [2.24, 2.45) is 5.92 Å². The van der Waals surface area contributed by atoms with Crippen molar-refractivity contribution >= 4 is 11.7 Å². The zero-order valence-electron chi connectivity index (χ0n) is 12.7. The van der Waals surface area contributed by atoms with Gasteiger partial charge in [-0.15, -0.1) is 0 Å². The Kier molecular flexibility index (Phi) is 5.59. The maximum absolute atomic E-state index is 12.3. The highest BCUT2D eigenvalue weighted by atomic mass is 16.5. The van der Waals surface area contributed by atoms with Crippen molar-refractivity contribution in [3.05, 3.63) is 29.8 Å². The number of hydrogen-bond donors (Lipinski definition) is 2. The number of piperidine rings is 1. The van der Waals surface area contributed by atoms with Crippen LogP contribution in [0, 0.1) is 5.92 Å². The fourth-order valence-electron chi connectivity index (χ4n) is 2.67. The SMILES string of the molecule is COCC1CCCN(C(=O)Nc2ccc(C(C)O)cc2)C1. The Bertz CT molecular complexity index is 457. The number of carbonyl (C=O) groups is 1. The van der Waals surface area contributed by atoms with Crippen LogP contribution >= 0.6 is 0 Å². The predicted molar refractivity (Wildman–Crippen MR) is 82.3 cm³/mol. The van der Waals surface area contributed by atoms with Gasteiger partial charge in [-0.2, -0.15) is 0 Å². The number of amides is 2. The molecule has 1 fully saturated rings. The molecule has 116 valence electrons. The van der Waals surface area contributed by atoms with Gasteiger partial charge in [0.15, 0.2) is 0 Å². The fraction of sp³-hybridized carbons (Fsp3) is 0.562. The molecule has 0 radical (unpaired) electrons. The molecule has 1 heterocycles. The summed E-state index contributed by atoms with van der Waals surface area (Å²) in [5, 5.41) is 12.4. The first-order valence-corrected chi connectivity index (χ1v) is 7.43. The van der Waals surface area contributed by atoms with Crippen LogP contribution in [0.5, 0.6) is 0 Å². The Hall–Kier alpha value is -1.59. The van der Waals surface area contributed by atoms with Gasteiger partial charge < -0.3 is 20.1 Å². The lowest BCUT2D eigenvalue weighted by molar-refractivity contribution is 0.104. The average Bonchev–Trinajstić information content (AvgIpc) is 2.48. The van der Waals surface area contributed by atoms with Crippen LogP contribution in [0.2, 0.25) is 0 Å². The zero-order valence-corrected chi connectivity index (χ0v) is 12.7. The second kappa shape index (κ2) is 7.43. The molecule has 1 aliphatic rings. The first-order valence-electron chi connectivity index (χ1n) is 7.43. The molecule has 0 saturated carbocycles. The van der Waals surface area contributed by atoms with Crippen molar-refractivity contribution in [3.8, 4) is 0 Å². The van der Waals surface area contributed by atoms with Crippen molar-refractivity contribution in [2.45, 2.75) is 25.9 Å². The van der Waals surface area contributed by atoms with Crippen LogP contribution in [0.4, 0.5) is 10.5 Å². The van der Waals surface area contributed by atoms with Crippen molar-refractivity contribution in [3.63, 3.8) is 0 Å². The van der Waals surface area contributed by atoms with E-state index < -0.39 is 6.10 Å². The number of anilines is 1. The predicted octanol–water partition coefficient (Wildman–Crippen LogP) is 2.63. The number of urea groups is 1. The number of hydrogen-bond acceptors (Lipinski definition) is 3. The third kappa shape index (κ3) is 4.44. The quantitative estimate of drug-likeness (QED) is 0.896. The first kappa shape index (κ1) is 15.8. The lowest BCUT2D eigenvalue weighted by atomic mass is 9.99. The van der Waals surface area contributed by atoms with Gasteiger partial charge in [0.1, 0.15) is 0 Å². The van der Waals surface area contributed by atoms with E-state index in [0.717, 1.165) is 37.2 Å². The van der Waals surface area contributed by atoms with Gasteiger partial charge in [0.05, 0.1) is 12.7 Å². The second-order valence-corrected chi connectivity index (χ2v) is 5.64. The van der Waals surface area contributed by atoms with Crippen molar-refractivity contribution < 1.29 is 14.6 Å². The van der Waals surface area contributed by atoms with Gasteiger partial charge in [0.2, 0.25) is 0 Å². The van der Waals surface area contributed by atoms with Gasteiger partial charge in [-0.1, -0.05) is 12.1 Å². The molecule has 2 unspecified atom stereocenters. The maximum Gasteiger partial charge on any atom is 0.321 e. The highest BCUT2D eigenvalue weighted by Gasteiger charge is 2.23. The standard InChI is InChI=1S/C16H24N2O3/c1-12(19)14-5-7-15(8-6-14)17-16(20)18-9-3-4-13(10-18)11-21-2/h5-8,12-13,19H,3-4,9-11H2,1-2H3,(H,17,20). The molecule has 1 aliphatic heterocycles. The number of nitrogens with zero attached hydrogens (tertiary/aromatic N) is 1. The van der Waals surface area contributed by atoms with Gasteiger partial charge in [-0.25, -0.2) is 4.79 Å². The van der Waals surface area contributed by atoms with Crippen LogP contribution in [-0.4, -0.2) is 42.8 Å². The number of methoxy groups -OCH3 is 1. The zero-order chi connectivity index (χ0) is 15.2. The molecule has 0 spiro atoms. The lowest BCUT2D eigenvalue weighted by Crippen LogP contribution is -2.43. The summed E-state index contributed by atoms with van der Waals surface area (Å²) >= 11 is 0. The molecule has 21 heavy (non-hydrogen) atoms. The summed E-state index contributed by atoms with van der Waals surface area (Å²) in [7, 11) is 1.70. The molecule has 2 N–H and O–H groups in total. The summed E-state index contributed by atoms with van der Waals surface area (Å²) in [6.07, 6.45) is 1.63. The summed E-state index contributed by atoms with van der Waals surface area (Å²) in [5.74, 6) is 0.423. The smallest absolute Gasteiger partial charge is 0.321 e. The van der Waals surface area contributed by atoms with Gasteiger partial charge in [-0.05, 0) is 37.5 Å². The molecule has 1 aromatic rings. The Morgan fingerprint density at radius 1 is 1.48 bits per heavy atom. The van der Waals surface area contributed by atoms with Crippen LogP contribution in [0.1, 0.15) is 31.4 Å². The van der Waals surface area contributed by atoms with E-state index in [4.69, 9.17) is 4.74 Å². The van der Waals surface area contributed by atoms with Gasteiger partial charge in [0.25, 0.3) is 0 Å². The van der Waals surface area contributed by atoms with Gasteiger partial charge in [0, 0.05) is 31.8 Å². The summed E-state index contributed by atoms with van der Waals surface area (Å²) < 4.78 is 5.18. The van der Waals surface area contributed by atoms with Crippen LogP contribution in [0.15, 0.2) is 24.3 Å². The number of benzene rings is 1. The van der Waals surface area contributed by atoms with Crippen LogP contribution in [-0.2, 0) is 4.74 Å². The molecule has 2 amide bonds. The molecular formula is C16H24N2O3. The number of likely N-dealkylation sites (tertiary alicyclic amines) is 1. The number of rotatable bonds is 4. The molecule has 2 atom stereocenters. The van der Waals surface area contributed by atoms with E-state index in [0.29, 0.717) is 12.5 Å². The summed E-state index contributed by atoms with van der Waals surface area (Å²) in [5.41, 5.74) is 1.59. The van der Waals surface area contributed by atoms with E-state index >= 15 is 0 Å². The van der Waals surface area contributed by atoms with Crippen LogP contribution in [0.25, 0.3) is 0 Å². The van der Waals surface area contributed by atoms with E-state index in [1.807, 2.05) is 29.2 Å². The highest BCUT2D eigenvalue weighted by Crippen LogP contribution is 2.19. The molecule has 0 aromatic heterocycles. The summed E-state index contributed by atoms with van der Waals surface area (Å²) in [4.78, 5) is 14.1.